The van der Waals surface area contributed by atoms with E-state index in [0.29, 0.717) is 5.84 Å². The molecule has 80 valence electrons. The van der Waals surface area contributed by atoms with Crippen LogP contribution in [0.4, 0.5) is 0 Å². The van der Waals surface area contributed by atoms with Crippen molar-refractivity contribution >= 4 is 5.84 Å². The number of allylic oxidation sites excluding steroid dienone is 1. The Hall–Kier alpha value is -2.08. The third-order valence-corrected chi connectivity index (χ3v) is 2.79. The molecule has 2 N–H and O–H groups in total. The van der Waals surface area contributed by atoms with Crippen LogP contribution in [0.2, 0.25) is 0 Å². The lowest BCUT2D eigenvalue weighted by Gasteiger charge is -2.03. The van der Waals surface area contributed by atoms with Gasteiger partial charge in [-0.05, 0) is 18.1 Å². The van der Waals surface area contributed by atoms with Gasteiger partial charge in [-0.3, -0.25) is 0 Å². The summed E-state index contributed by atoms with van der Waals surface area (Å²) in [7, 11) is 0. The SMILES string of the molecule is CC1=C(Cc2ccccc2)N=C(N)[C@@H]1C#N. The lowest BCUT2D eigenvalue weighted by Crippen LogP contribution is -2.19. The lowest BCUT2D eigenvalue weighted by atomic mass is 9.99. The Kier molecular flexibility index (Phi) is 2.74. The number of benzene rings is 1. The molecule has 1 heterocycles. The second-order valence-electron chi connectivity index (χ2n) is 3.89. The predicted octanol–water partition coefficient (Wildman–Crippen LogP) is 2.01. The van der Waals surface area contributed by atoms with Crippen LogP contribution in [-0.4, -0.2) is 5.84 Å². The van der Waals surface area contributed by atoms with Crippen molar-refractivity contribution in [1.82, 2.24) is 0 Å². The summed E-state index contributed by atoms with van der Waals surface area (Å²) in [4.78, 5) is 4.27. The Morgan fingerprint density at radius 3 is 2.62 bits per heavy atom. The molecule has 3 nitrogen and oxygen atoms in total. The zero-order valence-electron chi connectivity index (χ0n) is 9.14. The third kappa shape index (κ3) is 1.82. The van der Waals surface area contributed by atoms with Gasteiger partial charge in [-0.15, -0.1) is 0 Å². The summed E-state index contributed by atoms with van der Waals surface area (Å²) in [6.45, 7) is 1.93. The number of amidine groups is 1. The standard InChI is InChI=1S/C13H13N3/c1-9-11(8-14)13(15)16-12(9)7-10-5-3-2-4-6-10/h2-6,11H,7H2,1H3,(H2,15,16)/t11-/m1/s1. The molecule has 1 aliphatic rings. The fourth-order valence-electron chi connectivity index (χ4n) is 1.83. The molecule has 1 aliphatic heterocycles. The van der Waals surface area contributed by atoms with E-state index in [9.17, 15) is 0 Å². The lowest BCUT2D eigenvalue weighted by molar-refractivity contribution is 1.01. The number of hydrogen-bond acceptors (Lipinski definition) is 3. The van der Waals surface area contributed by atoms with E-state index < -0.39 is 0 Å². The number of rotatable bonds is 2. The highest BCUT2D eigenvalue weighted by molar-refractivity contribution is 5.91. The molecule has 0 unspecified atom stereocenters. The Morgan fingerprint density at radius 1 is 1.38 bits per heavy atom. The van der Waals surface area contributed by atoms with Gasteiger partial charge < -0.3 is 5.73 Å². The average Bonchev–Trinajstić information content (AvgIpc) is 2.55. The van der Waals surface area contributed by atoms with Crippen LogP contribution in [0.15, 0.2) is 46.6 Å². The fourth-order valence-corrected chi connectivity index (χ4v) is 1.83. The fraction of sp³-hybridized carbons (Fsp3) is 0.231. The van der Waals surface area contributed by atoms with Crippen LogP contribution in [0, 0.1) is 17.2 Å². The van der Waals surface area contributed by atoms with Crippen LogP contribution < -0.4 is 5.73 Å². The molecule has 0 aliphatic carbocycles. The van der Waals surface area contributed by atoms with Gasteiger partial charge >= 0.3 is 0 Å². The third-order valence-electron chi connectivity index (χ3n) is 2.79. The number of nitrogens with two attached hydrogens (primary N) is 1. The number of nitriles is 1. The van der Waals surface area contributed by atoms with Gasteiger partial charge in [-0.1, -0.05) is 30.3 Å². The van der Waals surface area contributed by atoms with Gasteiger partial charge in [0.15, 0.2) is 0 Å². The van der Waals surface area contributed by atoms with E-state index in [1.165, 1.54) is 5.56 Å². The van der Waals surface area contributed by atoms with Crippen LogP contribution in [-0.2, 0) is 6.42 Å². The Bertz CT molecular complexity index is 492. The van der Waals surface area contributed by atoms with Crippen molar-refractivity contribution in [2.75, 3.05) is 0 Å². The first-order chi connectivity index (χ1) is 7.72. The molecule has 0 fully saturated rings. The molecule has 0 amide bonds. The molecule has 1 aromatic rings. The van der Waals surface area contributed by atoms with E-state index in [0.717, 1.165) is 17.7 Å². The van der Waals surface area contributed by atoms with Gasteiger partial charge in [0.1, 0.15) is 11.8 Å². The van der Waals surface area contributed by atoms with Crippen LogP contribution in [0.5, 0.6) is 0 Å². The largest absolute Gasteiger partial charge is 0.386 e. The average molecular weight is 211 g/mol. The molecule has 0 saturated heterocycles. The molecule has 1 atom stereocenters. The maximum absolute atomic E-state index is 8.95. The molecule has 0 aromatic heterocycles. The summed E-state index contributed by atoms with van der Waals surface area (Å²) < 4.78 is 0. The first kappa shape index (κ1) is 10.4. The molecule has 0 spiro atoms. The summed E-state index contributed by atoms with van der Waals surface area (Å²) in [5.41, 5.74) is 8.80. The van der Waals surface area contributed by atoms with Gasteiger partial charge in [0.25, 0.3) is 0 Å². The smallest absolute Gasteiger partial charge is 0.126 e. The number of aliphatic imine (C=N–C) groups is 1. The molecule has 0 radical (unpaired) electrons. The maximum Gasteiger partial charge on any atom is 0.126 e. The highest BCUT2D eigenvalue weighted by Gasteiger charge is 2.24. The molecule has 2 rings (SSSR count). The predicted molar refractivity (Wildman–Crippen MR) is 63.6 cm³/mol. The second-order valence-corrected chi connectivity index (χ2v) is 3.89. The van der Waals surface area contributed by atoms with Gasteiger partial charge in [0.05, 0.1) is 6.07 Å². The van der Waals surface area contributed by atoms with Crippen LogP contribution in [0.25, 0.3) is 0 Å². The molecule has 0 bridgehead atoms. The molecule has 16 heavy (non-hydrogen) atoms. The summed E-state index contributed by atoms with van der Waals surface area (Å²) in [5.74, 6) is 0.0876. The van der Waals surface area contributed by atoms with E-state index in [2.05, 4.69) is 11.1 Å². The zero-order valence-corrected chi connectivity index (χ0v) is 9.14. The van der Waals surface area contributed by atoms with Crippen molar-refractivity contribution in [3.05, 3.63) is 47.2 Å². The van der Waals surface area contributed by atoms with Crippen molar-refractivity contribution in [2.24, 2.45) is 16.6 Å². The minimum absolute atomic E-state index is 0.335. The van der Waals surface area contributed by atoms with E-state index in [4.69, 9.17) is 11.0 Å². The zero-order chi connectivity index (χ0) is 11.5. The Labute approximate surface area is 94.9 Å². The molecular formula is C13H13N3. The summed E-state index contributed by atoms with van der Waals surface area (Å²) in [6, 6.07) is 12.2. The van der Waals surface area contributed by atoms with E-state index in [-0.39, 0.29) is 5.92 Å². The highest BCUT2D eigenvalue weighted by Crippen LogP contribution is 2.25. The summed E-state index contributed by atoms with van der Waals surface area (Å²) in [5, 5.41) is 8.95. The summed E-state index contributed by atoms with van der Waals surface area (Å²) >= 11 is 0. The Balaban J connectivity index is 2.24. The minimum atomic E-state index is -0.335. The van der Waals surface area contributed by atoms with Crippen molar-refractivity contribution in [3.8, 4) is 6.07 Å². The van der Waals surface area contributed by atoms with Gasteiger partial charge in [0, 0.05) is 12.1 Å². The van der Waals surface area contributed by atoms with Gasteiger partial charge in [-0.25, -0.2) is 4.99 Å². The van der Waals surface area contributed by atoms with Crippen LogP contribution in [0.3, 0.4) is 0 Å². The monoisotopic (exact) mass is 211 g/mol. The van der Waals surface area contributed by atoms with Crippen molar-refractivity contribution < 1.29 is 0 Å². The van der Waals surface area contributed by atoms with E-state index in [1.54, 1.807) is 0 Å². The van der Waals surface area contributed by atoms with Crippen LogP contribution >= 0.6 is 0 Å². The minimum Gasteiger partial charge on any atom is -0.386 e. The van der Waals surface area contributed by atoms with E-state index >= 15 is 0 Å². The first-order valence-corrected chi connectivity index (χ1v) is 5.19. The van der Waals surface area contributed by atoms with Gasteiger partial charge in [0.2, 0.25) is 0 Å². The van der Waals surface area contributed by atoms with Crippen molar-refractivity contribution in [3.63, 3.8) is 0 Å². The number of hydrogen-bond donors (Lipinski definition) is 1. The second kappa shape index (κ2) is 4.19. The molecule has 1 aromatic carbocycles. The van der Waals surface area contributed by atoms with Gasteiger partial charge in [-0.2, -0.15) is 5.26 Å². The first-order valence-electron chi connectivity index (χ1n) is 5.19. The number of nitrogens with zero attached hydrogens (tertiary/aromatic N) is 2. The normalized spacial score (nSPS) is 19.5. The summed E-state index contributed by atoms with van der Waals surface area (Å²) in [6.07, 6.45) is 0.742. The molecular weight excluding hydrogens is 198 g/mol. The molecule has 0 saturated carbocycles. The van der Waals surface area contributed by atoms with Crippen molar-refractivity contribution in [1.29, 1.82) is 5.26 Å². The maximum atomic E-state index is 8.95. The highest BCUT2D eigenvalue weighted by atomic mass is 14.9. The van der Waals surface area contributed by atoms with Crippen LogP contribution in [0.1, 0.15) is 12.5 Å². The quantitative estimate of drug-likeness (QED) is 0.813. The van der Waals surface area contributed by atoms with E-state index in [1.807, 2.05) is 37.3 Å². The topological polar surface area (TPSA) is 62.2 Å². The van der Waals surface area contributed by atoms with Crippen molar-refractivity contribution in [2.45, 2.75) is 13.3 Å². The molecule has 3 heteroatoms. The Morgan fingerprint density at radius 2 is 2.06 bits per heavy atom.